The van der Waals surface area contributed by atoms with Gasteiger partial charge in [-0.25, -0.2) is 21.6 Å². The van der Waals surface area contributed by atoms with Gasteiger partial charge >= 0.3 is 5.97 Å². The van der Waals surface area contributed by atoms with E-state index >= 15 is 0 Å². The number of esters is 1. The summed E-state index contributed by atoms with van der Waals surface area (Å²) >= 11 is 0. The summed E-state index contributed by atoms with van der Waals surface area (Å²) in [5.74, 6) is -0.749. The minimum atomic E-state index is -4.33. The number of carbonyl (C=O) groups excluding carboxylic acids is 1. The van der Waals surface area contributed by atoms with Crippen LogP contribution in [0.1, 0.15) is 34.1 Å². The Balaban J connectivity index is 2.59. The lowest BCUT2D eigenvalue weighted by Gasteiger charge is -2.23. The Kier molecular flexibility index (Phi) is 7.26. The third-order valence-electron chi connectivity index (χ3n) is 4.23. The van der Waals surface area contributed by atoms with E-state index < -0.39 is 42.2 Å². The highest BCUT2D eigenvalue weighted by Gasteiger charge is 2.41. The second-order valence-electron chi connectivity index (χ2n) is 7.67. The van der Waals surface area contributed by atoms with Gasteiger partial charge in [0.25, 0.3) is 0 Å². The highest BCUT2D eigenvalue weighted by Crippen LogP contribution is 2.30. The van der Waals surface area contributed by atoms with Crippen LogP contribution in [0.5, 0.6) is 0 Å². The van der Waals surface area contributed by atoms with Crippen LogP contribution < -0.4 is 0 Å². The molecule has 0 unspecified atom stereocenters. The summed E-state index contributed by atoms with van der Waals surface area (Å²) in [6, 6.07) is 14.7. The molecular weight excluding hydrogens is 424 g/mol. The van der Waals surface area contributed by atoms with E-state index in [1.807, 2.05) is 0 Å². The van der Waals surface area contributed by atoms with Crippen molar-refractivity contribution >= 4 is 25.6 Å². The number of ether oxygens (including phenoxy) is 1. The molecule has 0 spiro atoms. The minimum Gasteiger partial charge on any atom is -0.457 e. The Hall–Kier alpha value is -2.45. The van der Waals surface area contributed by atoms with Gasteiger partial charge in [-0.1, -0.05) is 42.5 Å². The Labute approximate surface area is 178 Å². The molecule has 0 aromatic heterocycles. The summed E-state index contributed by atoms with van der Waals surface area (Å²) in [7, 11) is -8.65. The first-order chi connectivity index (χ1) is 13.9. The van der Waals surface area contributed by atoms with E-state index in [0.717, 1.165) is 0 Å². The zero-order valence-corrected chi connectivity index (χ0v) is 19.0. The highest BCUT2D eigenvalue weighted by molar-refractivity contribution is 8.09. The summed E-state index contributed by atoms with van der Waals surface area (Å²) in [5.41, 5.74) is -0.828. The maximum absolute atomic E-state index is 13.4. The van der Waals surface area contributed by atoms with E-state index in [1.54, 1.807) is 39.8 Å². The van der Waals surface area contributed by atoms with E-state index in [1.165, 1.54) is 54.6 Å². The molecule has 30 heavy (non-hydrogen) atoms. The Morgan fingerprint density at radius 1 is 0.867 bits per heavy atom. The van der Waals surface area contributed by atoms with Gasteiger partial charge in [0, 0.05) is 12.0 Å². The topological polar surface area (TPSA) is 94.6 Å². The number of allylic oxidation sites excluding steroid dienone is 1. The molecule has 0 aliphatic carbocycles. The predicted molar refractivity (Wildman–Crippen MR) is 115 cm³/mol. The molecule has 0 atom stereocenters. The largest absolute Gasteiger partial charge is 0.457 e. The number of carbonyl (C=O) groups is 1. The molecule has 0 saturated carbocycles. The third kappa shape index (κ3) is 5.58. The number of rotatable bonds is 7. The molecule has 0 N–H and O–H groups in total. The molecule has 0 radical (unpaired) electrons. The SMILES string of the molecule is C/C=C(/CC(S(=O)(=O)c1ccccc1)S(=O)(=O)c1ccccc1)C(=O)OC(C)(C)C. The van der Waals surface area contributed by atoms with Crippen LogP contribution >= 0.6 is 0 Å². The van der Waals surface area contributed by atoms with Gasteiger partial charge < -0.3 is 4.74 Å². The smallest absolute Gasteiger partial charge is 0.334 e. The van der Waals surface area contributed by atoms with Crippen molar-refractivity contribution in [1.29, 1.82) is 0 Å². The van der Waals surface area contributed by atoms with E-state index in [-0.39, 0.29) is 15.4 Å². The van der Waals surface area contributed by atoms with Crippen molar-refractivity contribution in [3.05, 3.63) is 72.3 Å². The Morgan fingerprint density at radius 3 is 1.60 bits per heavy atom. The first-order valence-corrected chi connectivity index (χ1v) is 12.5. The Morgan fingerprint density at radius 2 is 1.27 bits per heavy atom. The highest BCUT2D eigenvalue weighted by atomic mass is 32.3. The fourth-order valence-corrected chi connectivity index (χ4v) is 7.23. The van der Waals surface area contributed by atoms with E-state index in [4.69, 9.17) is 4.74 Å². The molecule has 0 saturated heterocycles. The summed E-state index contributed by atoms with van der Waals surface area (Å²) in [6.45, 7) is 6.58. The van der Waals surface area contributed by atoms with Gasteiger partial charge in [-0.3, -0.25) is 0 Å². The first-order valence-electron chi connectivity index (χ1n) is 9.36. The molecule has 0 amide bonds. The molecule has 162 valence electrons. The lowest BCUT2D eigenvalue weighted by Crippen LogP contribution is -2.33. The van der Waals surface area contributed by atoms with Crippen LogP contribution in [0.15, 0.2) is 82.1 Å². The fourth-order valence-electron chi connectivity index (χ4n) is 2.75. The summed E-state index contributed by atoms with van der Waals surface area (Å²) in [4.78, 5) is 12.3. The van der Waals surface area contributed by atoms with E-state index in [9.17, 15) is 21.6 Å². The molecule has 8 heteroatoms. The Bertz CT molecular complexity index is 1040. The van der Waals surface area contributed by atoms with Gasteiger partial charge in [0.2, 0.25) is 0 Å². The third-order valence-corrected chi connectivity index (χ3v) is 9.33. The van der Waals surface area contributed by atoms with Crippen molar-refractivity contribution in [2.45, 2.75) is 54.1 Å². The molecular formula is C22H26O6S2. The average molecular weight is 451 g/mol. The number of hydrogen-bond donors (Lipinski definition) is 0. The van der Waals surface area contributed by atoms with Gasteiger partial charge in [0.05, 0.1) is 9.79 Å². The van der Waals surface area contributed by atoms with Crippen molar-refractivity contribution in [3.8, 4) is 0 Å². The molecule has 0 aliphatic heterocycles. The number of sulfone groups is 2. The maximum atomic E-state index is 13.4. The van der Waals surface area contributed by atoms with Crippen molar-refractivity contribution in [1.82, 2.24) is 0 Å². The van der Waals surface area contributed by atoms with Gasteiger partial charge in [-0.05, 0) is 52.0 Å². The molecule has 2 aromatic rings. The summed E-state index contributed by atoms with van der Waals surface area (Å²) < 4.78 is 56.9. The lowest BCUT2D eigenvalue weighted by molar-refractivity contribution is -0.150. The van der Waals surface area contributed by atoms with Gasteiger partial charge in [-0.2, -0.15) is 0 Å². The maximum Gasteiger partial charge on any atom is 0.334 e. The summed E-state index contributed by atoms with van der Waals surface area (Å²) in [6.07, 6.45) is 0.863. The van der Waals surface area contributed by atoms with Gasteiger partial charge in [0.15, 0.2) is 24.3 Å². The van der Waals surface area contributed by atoms with Crippen molar-refractivity contribution in [3.63, 3.8) is 0 Å². The predicted octanol–water partition coefficient (Wildman–Crippen LogP) is 3.94. The standard InChI is InChI=1S/C22H26O6S2/c1-5-17(21(23)28-22(2,3)4)16-20(29(24,25)18-12-8-6-9-13-18)30(26,27)19-14-10-7-11-15-19/h5-15,20H,16H2,1-4H3/b17-5-. The van der Waals surface area contributed by atoms with Crippen LogP contribution in [0.25, 0.3) is 0 Å². The quantitative estimate of drug-likeness (QED) is 0.468. The molecule has 0 fully saturated rings. The van der Waals surface area contributed by atoms with Crippen molar-refractivity contribution < 1.29 is 26.4 Å². The van der Waals surface area contributed by atoms with Gasteiger partial charge in [-0.15, -0.1) is 0 Å². The molecule has 0 aliphatic rings. The average Bonchev–Trinajstić information content (AvgIpc) is 2.68. The fraction of sp³-hybridized carbons (Fsp3) is 0.318. The molecule has 2 rings (SSSR count). The van der Waals surface area contributed by atoms with Crippen LogP contribution in [0.3, 0.4) is 0 Å². The zero-order valence-electron chi connectivity index (χ0n) is 17.4. The minimum absolute atomic E-state index is 0.0195. The van der Waals surface area contributed by atoms with Crippen LogP contribution in [0, 0.1) is 0 Å². The molecule has 0 heterocycles. The van der Waals surface area contributed by atoms with Crippen LogP contribution in [-0.4, -0.2) is 33.0 Å². The summed E-state index contributed by atoms with van der Waals surface area (Å²) in [5, 5.41) is 0. The van der Waals surface area contributed by atoms with Crippen molar-refractivity contribution in [2.24, 2.45) is 0 Å². The number of hydrogen-bond acceptors (Lipinski definition) is 6. The van der Waals surface area contributed by atoms with E-state index in [0.29, 0.717) is 0 Å². The monoisotopic (exact) mass is 450 g/mol. The molecule has 6 nitrogen and oxygen atoms in total. The van der Waals surface area contributed by atoms with Crippen molar-refractivity contribution in [2.75, 3.05) is 0 Å². The normalized spacial score (nSPS) is 13.3. The molecule has 0 bridgehead atoms. The second-order valence-corrected chi connectivity index (χ2v) is 12.2. The van der Waals surface area contributed by atoms with Crippen LogP contribution in [-0.2, 0) is 29.2 Å². The number of benzene rings is 2. The first kappa shape index (κ1) is 23.8. The second kappa shape index (κ2) is 9.14. The van der Waals surface area contributed by atoms with E-state index in [2.05, 4.69) is 0 Å². The van der Waals surface area contributed by atoms with Crippen LogP contribution in [0.2, 0.25) is 0 Å². The zero-order chi connectivity index (χ0) is 22.6. The van der Waals surface area contributed by atoms with Crippen LogP contribution in [0.4, 0.5) is 0 Å². The lowest BCUT2D eigenvalue weighted by atomic mass is 10.1. The van der Waals surface area contributed by atoms with Gasteiger partial charge in [0.1, 0.15) is 5.60 Å². The molecule has 2 aromatic carbocycles.